The summed E-state index contributed by atoms with van der Waals surface area (Å²) in [5.74, 6) is 0.662. The van der Waals surface area contributed by atoms with E-state index in [1.807, 2.05) is 12.3 Å². The van der Waals surface area contributed by atoms with Gasteiger partial charge in [-0.2, -0.15) is 0 Å². The molecule has 1 aliphatic carbocycles. The molecule has 1 aromatic carbocycles. The fraction of sp³-hybridized carbons (Fsp3) is 0.375. The van der Waals surface area contributed by atoms with Crippen LogP contribution in [0.15, 0.2) is 42.9 Å². The van der Waals surface area contributed by atoms with Crippen LogP contribution in [-0.2, 0) is 6.42 Å². The highest BCUT2D eigenvalue weighted by molar-refractivity contribution is 5.40. The van der Waals surface area contributed by atoms with Gasteiger partial charge in [-0.1, -0.05) is 31.2 Å². The maximum absolute atomic E-state index is 4.39. The van der Waals surface area contributed by atoms with Crippen LogP contribution in [0.3, 0.4) is 0 Å². The van der Waals surface area contributed by atoms with Crippen LogP contribution in [0.25, 0.3) is 0 Å². The zero-order valence-corrected chi connectivity index (χ0v) is 11.2. The van der Waals surface area contributed by atoms with Gasteiger partial charge < -0.3 is 5.32 Å². The smallest absolute Gasteiger partial charge is 0.115 e. The second-order valence-corrected chi connectivity index (χ2v) is 5.08. The predicted octanol–water partition coefficient (Wildman–Crippen LogP) is 2.86. The van der Waals surface area contributed by atoms with Gasteiger partial charge in [0.05, 0.1) is 11.7 Å². The van der Waals surface area contributed by atoms with Crippen molar-refractivity contribution in [2.24, 2.45) is 0 Å². The molecular weight excluding hydrogens is 234 g/mol. The van der Waals surface area contributed by atoms with E-state index in [2.05, 4.69) is 46.5 Å². The lowest BCUT2D eigenvalue weighted by molar-refractivity contribution is 0.428. The number of rotatable bonds is 5. The molecule has 1 N–H and O–H groups in total. The molecule has 2 aromatic rings. The first-order valence-electron chi connectivity index (χ1n) is 6.95. The van der Waals surface area contributed by atoms with Gasteiger partial charge in [0.25, 0.3) is 0 Å². The van der Waals surface area contributed by atoms with Crippen molar-refractivity contribution in [1.82, 2.24) is 15.3 Å². The predicted molar refractivity (Wildman–Crippen MR) is 76.0 cm³/mol. The van der Waals surface area contributed by atoms with Crippen molar-refractivity contribution in [1.29, 1.82) is 0 Å². The topological polar surface area (TPSA) is 37.8 Å². The Morgan fingerprint density at radius 2 is 2.21 bits per heavy atom. The second kappa shape index (κ2) is 5.49. The Kier molecular flexibility index (Phi) is 3.56. The van der Waals surface area contributed by atoms with Crippen LogP contribution in [0.5, 0.6) is 0 Å². The highest BCUT2D eigenvalue weighted by atomic mass is 14.9. The van der Waals surface area contributed by atoms with Gasteiger partial charge in [0.1, 0.15) is 6.33 Å². The fourth-order valence-corrected chi connectivity index (χ4v) is 2.92. The normalized spacial score (nSPS) is 18.5. The van der Waals surface area contributed by atoms with Crippen molar-refractivity contribution >= 4 is 0 Å². The van der Waals surface area contributed by atoms with Crippen molar-refractivity contribution in [3.63, 3.8) is 0 Å². The Morgan fingerprint density at radius 3 is 2.95 bits per heavy atom. The number of benzene rings is 1. The summed E-state index contributed by atoms with van der Waals surface area (Å²) < 4.78 is 0. The van der Waals surface area contributed by atoms with Crippen LogP contribution in [0.2, 0.25) is 0 Å². The zero-order valence-electron chi connectivity index (χ0n) is 11.2. The van der Waals surface area contributed by atoms with E-state index in [0.29, 0.717) is 12.0 Å². The number of aromatic nitrogens is 2. The lowest BCUT2D eigenvalue weighted by Crippen LogP contribution is -2.27. The summed E-state index contributed by atoms with van der Waals surface area (Å²) in [6.45, 7) is 3.10. The molecule has 0 bridgehead atoms. The van der Waals surface area contributed by atoms with Gasteiger partial charge in [0.2, 0.25) is 0 Å². The molecule has 19 heavy (non-hydrogen) atoms. The van der Waals surface area contributed by atoms with Gasteiger partial charge >= 0.3 is 0 Å². The summed E-state index contributed by atoms with van der Waals surface area (Å²) in [6.07, 6.45) is 5.76. The first kappa shape index (κ1) is 12.3. The minimum atomic E-state index is 0.325. The highest BCUT2D eigenvalue weighted by Crippen LogP contribution is 2.40. The van der Waals surface area contributed by atoms with Crippen LogP contribution in [0.4, 0.5) is 0 Å². The summed E-state index contributed by atoms with van der Waals surface area (Å²) >= 11 is 0. The second-order valence-electron chi connectivity index (χ2n) is 5.08. The van der Waals surface area contributed by atoms with E-state index < -0.39 is 0 Å². The molecule has 0 spiro atoms. The maximum Gasteiger partial charge on any atom is 0.115 e. The molecule has 3 rings (SSSR count). The quantitative estimate of drug-likeness (QED) is 0.890. The number of nitrogens with one attached hydrogen (secondary N) is 1. The van der Waals surface area contributed by atoms with Crippen LogP contribution < -0.4 is 5.32 Å². The number of nitrogens with zero attached hydrogens (tertiary/aromatic N) is 2. The van der Waals surface area contributed by atoms with E-state index in [4.69, 9.17) is 0 Å². The molecule has 0 radical (unpaired) electrons. The van der Waals surface area contributed by atoms with Crippen molar-refractivity contribution < 1.29 is 0 Å². The van der Waals surface area contributed by atoms with Crippen LogP contribution >= 0.6 is 0 Å². The van der Waals surface area contributed by atoms with Crippen LogP contribution in [0.1, 0.15) is 42.1 Å². The first-order chi connectivity index (χ1) is 9.38. The first-order valence-corrected chi connectivity index (χ1v) is 6.95. The Balaban J connectivity index is 1.74. The lowest BCUT2D eigenvalue weighted by Gasteiger charge is -2.33. The van der Waals surface area contributed by atoms with E-state index in [0.717, 1.165) is 18.7 Å². The minimum Gasteiger partial charge on any atom is -0.309 e. The van der Waals surface area contributed by atoms with Crippen molar-refractivity contribution in [3.05, 3.63) is 59.7 Å². The summed E-state index contributed by atoms with van der Waals surface area (Å²) in [5.41, 5.74) is 4.12. The van der Waals surface area contributed by atoms with E-state index in [1.54, 1.807) is 6.33 Å². The number of hydrogen-bond acceptors (Lipinski definition) is 3. The van der Waals surface area contributed by atoms with Crippen molar-refractivity contribution in [2.75, 3.05) is 6.54 Å². The summed E-state index contributed by atoms with van der Waals surface area (Å²) in [5, 5.41) is 3.54. The largest absolute Gasteiger partial charge is 0.309 e. The SMILES string of the molecule is CCNC(CC1Cc2ccccc21)c1ccncn1. The summed E-state index contributed by atoms with van der Waals surface area (Å²) in [7, 11) is 0. The van der Waals surface area contributed by atoms with Gasteiger partial charge in [-0.15, -0.1) is 0 Å². The third kappa shape index (κ3) is 2.51. The van der Waals surface area contributed by atoms with Crippen molar-refractivity contribution in [3.8, 4) is 0 Å². The average molecular weight is 253 g/mol. The summed E-state index contributed by atoms with van der Waals surface area (Å²) in [4.78, 5) is 8.39. The van der Waals surface area contributed by atoms with Crippen molar-refractivity contribution in [2.45, 2.75) is 31.7 Å². The molecule has 0 saturated heterocycles. The van der Waals surface area contributed by atoms with E-state index in [-0.39, 0.29) is 0 Å². The standard InChI is InChI=1S/C16H19N3/c1-2-18-16(15-7-8-17-11-19-15)10-13-9-12-5-3-4-6-14(12)13/h3-8,11,13,16,18H,2,9-10H2,1H3. The number of hydrogen-bond donors (Lipinski definition) is 1. The average Bonchev–Trinajstić information content (AvgIpc) is 2.44. The molecule has 1 heterocycles. The van der Waals surface area contributed by atoms with Crippen LogP contribution in [0, 0.1) is 0 Å². The zero-order chi connectivity index (χ0) is 13.1. The lowest BCUT2D eigenvalue weighted by atomic mass is 9.74. The molecule has 0 aliphatic heterocycles. The van der Waals surface area contributed by atoms with Gasteiger partial charge in [-0.05, 0) is 42.5 Å². The molecule has 1 aromatic heterocycles. The molecule has 0 saturated carbocycles. The monoisotopic (exact) mass is 253 g/mol. The molecule has 1 aliphatic rings. The molecule has 0 amide bonds. The summed E-state index contributed by atoms with van der Waals surface area (Å²) in [6, 6.07) is 11.1. The third-order valence-corrected chi connectivity index (χ3v) is 3.89. The Hall–Kier alpha value is -1.74. The number of fused-ring (bicyclic) bond motifs is 1. The molecule has 98 valence electrons. The fourth-order valence-electron chi connectivity index (χ4n) is 2.92. The minimum absolute atomic E-state index is 0.325. The van der Waals surface area contributed by atoms with Gasteiger partial charge in [-0.25, -0.2) is 9.97 Å². The highest BCUT2D eigenvalue weighted by Gasteiger charge is 2.28. The van der Waals surface area contributed by atoms with Gasteiger partial charge in [0.15, 0.2) is 0 Å². The molecule has 3 nitrogen and oxygen atoms in total. The molecule has 0 fully saturated rings. The van der Waals surface area contributed by atoms with Crippen LogP contribution in [-0.4, -0.2) is 16.5 Å². The Bertz CT molecular complexity index is 539. The molecule has 2 unspecified atom stereocenters. The molecule has 2 atom stereocenters. The van der Waals surface area contributed by atoms with E-state index in [9.17, 15) is 0 Å². The third-order valence-electron chi connectivity index (χ3n) is 3.89. The van der Waals surface area contributed by atoms with E-state index >= 15 is 0 Å². The Labute approximate surface area is 114 Å². The molecular formula is C16H19N3. The Morgan fingerprint density at radius 1 is 1.32 bits per heavy atom. The van der Waals surface area contributed by atoms with Gasteiger partial charge in [0, 0.05) is 6.20 Å². The molecule has 3 heteroatoms. The van der Waals surface area contributed by atoms with Gasteiger partial charge in [-0.3, -0.25) is 0 Å². The van der Waals surface area contributed by atoms with E-state index in [1.165, 1.54) is 17.5 Å². The maximum atomic E-state index is 4.39.